The predicted molar refractivity (Wildman–Crippen MR) is 111 cm³/mol. The molecule has 29 heavy (non-hydrogen) atoms. The molecular formula is C24H16N2O3. The summed E-state index contributed by atoms with van der Waals surface area (Å²) in [6, 6.07) is 22.8. The van der Waals surface area contributed by atoms with Gasteiger partial charge in [-0.3, -0.25) is 9.59 Å². The van der Waals surface area contributed by atoms with Gasteiger partial charge in [0.15, 0.2) is 11.5 Å². The van der Waals surface area contributed by atoms with Crippen LogP contribution in [0.25, 0.3) is 27.4 Å². The molecule has 3 aromatic carbocycles. The van der Waals surface area contributed by atoms with Crippen molar-refractivity contribution in [3.8, 4) is 5.69 Å². The largest absolute Gasteiger partial charge is 0.453 e. The average molecular weight is 380 g/mol. The summed E-state index contributed by atoms with van der Waals surface area (Å²) in [7, 11) is 0. The van der Waals surface area contributed by atoms with E-state index in [1.54, 1.807) is 16.9 Å². The Balaban J connectivity index is 1.64. The highest BCUT2D eigenvalue weighted by Gasteiger charge is 2.24. The number of benzene rings is 3. The van der Waals surface area contributed by atoms with Gasteiger partial charge in [0.25, 0.3) is 0 Å². The maximum atomic E-state index is 13.2. The third kappa shape index (κ3) is 2.84. The number of rotatable bonds is 4. The van der Waals surface area contributed by atoms with Crippen molar-refractivity contribution in [2.45, 2.75) is 6.92 Å². The Kier molecular flexibility index (Phi) is 3.88. The third-order valence-electron chi connectivity index (χ3n) is 4.96. The van der Waals surface area contributed by atoms with E-state index in [1.165, 1.54) is 6.92 Å². The lowest BCUT2D eigenvalue weighted by molar-refractivity contribution is 0.0978. The van der Waals surface area contributed by atoms with Gasteiger partial charge in [0.05, 0.1) is 11.3 Å². The molecule has 2 heterocycles. The van der Waals surface area contributed by atoms with Crippen LogP contribution in [0.4, 0.5) is 0 Å². The van der Waals surface area contributed by atoms with Crippen molar-refractivity contribution in [1.29, 1.82) is 0 Å². The fourth-order valence-electron chi connectivity index (χ4n) is 3.55. The van der Waals surface area contributed by atoms with E-state index in [2.05, 4.69) is 5.10 Å². The molecule has 5 heteroatoms. The van der Waals surface area contributed by atoms with Crippen LogP contribution in [0.1, 0.15) is 33.5 Å². The van der Waals surface area contributed by atoms with Crippen LogP contribution >= 0.6 is 0 Å². The number of Topliss-reactive ketones (excluding diaryl/α,β-unsaturated/α-hetero) is 1. The lowest BCUT2D eigenvalue weighted by Gasteiger charge is -1.98. The van der Waals surface area contributed by atoms with Gasteiger partial charge in [0.2, 0.25) is 5.78 Å². The average Bonchev–Trinajstić information content (AvgIpc) is 3.39. The van der Waals surface area contributed by atoms with Gasteiger partial charge in [0.1, 0.15) is 11.3 Å². The number of carbonyl (C=O) groups is 2. The topological polar surface area (TPSA) is 65.1 Å². The molecular weight excluding hydrogens is 364 g/mol. The zero-order chi connectivity index (χ0) is 20.0. The Morgan fingerprint density at radius 1 is 0.897 bits per heavy atom. The minimum absolute atomic E-state index is 0.129. The van der Waals surface area contributed by atoms with E-state index in [0.29, 0.717) is 5.58 Å². The van der Waals surface area contributed by atoms with Crippen molar-refractivity contribution in [3.63, 3.8) is 0 Å². The maximum Gasteiger partial charge on any atom is 0.232 e. The summed E-state index contributed by atoms with van der Waals surface area (Å²) in [5.41, 5.74) is 1.76. The van der Waals surface area contributed by atoms with Crippen LogP contribution in [-0.2, 0) is 0 Å². The second-order valence-corrected chi connectivity index (χ2v) is 6.87. The highest BCUT2D eigenvalue weighted by molar-refractivity contribution is 6.16. The molecule has 5 aromatic rings. The molecule has 5 rings (SSSR count). The number of para-hydroxylation sites is 1. The van der Waals surface area contributed by atoms with Crippen molar-refractivity contribution in [2.24, 2.45) is 0 Å². The number of nitrogens with zero attached hydrogens (tertiary/aromatic N) is 2. The molecule has 0 radical (unpaired) electrons. The van der Waals surface area contributed by atoms with Crippen LogP contribution in [0.3, 0.4) is 0 Å². The second-order valence-electron chi connectivity index (χ2n) is 6.87. The molecule has 0 spiro atoms. The van der Waals surface area contributed by atoms with Crippen LogP contribution in [0.2, 0.25) is 0 Å². The Morgan fingerprint density at radius 3 is 2.45 bits per heavy atom. The molecule has 0 fully saturated rings. The molecule has 0 saturated carbocycles. The molecule has 0 atom stereocenters. The van der Waals surface area contributed by atoms with Gasteiger partial charge in [-0.25, -0.2) is 4.68 Å². The van der Waals surface area contributed by atoms with Crippen molar-refractivity contribution in [3.05, 3.63) is 96.0 Å². The molecule has 2 aromatic heterocycles. The summed E-state index contributed by atoms with van der Waals surface area (Å²) in [6.07, 6.45) is 1.58. The molecule has 0 saturated heterocycles. The normalized spacial score (nSPS) is 11.2. The first-order valence-electron chi connectivity index (χ1n) is 9.24. The van der Waals surface area contributed by atoms with Gasteiger partial charge in [-0.05, 0) is 35.0 Å². The van der Waals surface area contributed by atoms with Crippen LogP contribution < -0.4 is 0 Å². The number of hydrogen-bond donors (Lipinski definition) is 0. The van der Waals surface area contributed by atoms with E-state index in [-0.39, 0.29) is 28.6 Å². The fraction of sp³-hybridized carbons (Fsp3) is 0.0417. The Hall–Kier alpha value is -3.99. The molecule has 0 amide bonds. The van der Waals surface area contributed by atoms with Gasteiger partial charge in [-0.2, -0.15) is 5.10 Å². The minimum atomic E-state index is -0.363. The van der Waals surface area contributed by atoms with E-state index in [1.807, 2.05) is 66.7 Å². The van der Waals surface area contributed by atoms with Crippen LogP contribution in [-0.4, -0.2) is 21.3 Å². The molecule has 0 aliphatic heterocycles. The summed E-state index contributed by atoms with van der Waals surface area (Å²) in [6.45, 7) is 1.40. The summed E-state index contributed by atoms with van der Waals surface area (Å²) < 4.78 is 7.39. The molecule has 0 aliphatic rings. The van der Waals surface area contributed by atoms with Gasteiger partial charge < -0.3 is 4.42 Å². The minimum Gasteiger partial charge on any atom is -0.453 e. The molecule has 0 aliphatic carbocycles. The van der Waals surface area contributed by atoms with Gasteiger partial charge in [0, 0.05) is 18.5 Å². The zero-order valence-electron chi connectivity index (χ0n) is 15.6. The summed E-state index contributed by atoms with van der Waals surface area (Å²) >= 11 is 0. The molecule has 140 valence electrons. The van der Waals surface area contributed by atoms with E-state index in [9.17, 15) is 9.59 Å². The smallest absolute Gasteiger partial charge is 0.232 e. The standard InChI is InChI=1S/C24H16N2O3/c1-15(27)23-20(14-26(25-23)17-8-3-2-4-9-17)24(28)22-13-19-18-10-6-5-7-16(18)11-12-21(19)29-22/h2-14H,1H3. The van der Waals surface area contributed by atoms with E-state index in [4.69, 9.17) is 4.42 Å². The fourth-order valence-corrected chi connectivity index (χ4v) is 3.55. The number of ketones is 2. The third-order valence-corrected chi connectivity index (χ3v) is 4.96. The summed E-state index contributed by atoms with van der Waals surface area (Å²) in [5, 5.41) is 7.29. The first kappa shape index (κ1) is 17.1. The van der Waals surface area contributed by atoms with E-state index in [0.717, 1.165) is 21.8 Å². The number of fused-ring (bicyclic) bond motifs is 3. The molecule has 5 nitrogen and oxygen atoms in total. The van der Waals surface area contributed by atoms with Crippen LogP contribution in [0.15, 0.2) is 83.4 Å². The van der Waals surface area contributed by atoms with Crippen molar-refractivity contribution >= 4 is 33.3 Å². The highest BCUT2D eigenvalue weighted by Crippen LogP contribution is 2.29. The zero-order valence-corrected chi connectivity index (χ0v) is 15.6. The van der Waals surface area contributed by atoms with E-state index >= 15 is 0 Å². The van der Waals surface area contributed by atoms with Gasteiger partial charge in [-0.15, -0.1) is 0 Å². The quantitative estimate of drug-likeness (QED) is 0.402. The number of aromatic nitrogens is 2. The Labute approximate surface area is 166 Å². The van der Waals surface area contributed by atoms with E-state index < -0.39 is 0 Å². The number of carbonyl (C=O) groups excluding carboxylic acids is 2. The summed E-state index contributed by atoms with van der Waals surface area (Å²) in [4.78, 5) is 25.4. The summed E-state index contributed by atoms with van der Waals surface area (Å²) in [5.74, 6) is -0.450. The highest BCUT2D eigenvalue weighted by atomic mass is 16.3. The lowest BCUT2D eigenvalue weighted by atomic mass is 10.0. The van der Waals surface area contributed by atoms with Crippen LogP contribution in [0.5, 0.6) is 0 Å². The first-order valence-corrected chi connectivity index (χ1v) is 9.24. The Bertz CT molecular complexity index is 1390. The number of furan rings is 1. The lowest BCUT2D eigenvalue weighted by Crippen LogP contribution is -2.05. The second kappa shape index (κ2) is 6.56. The Morgan fingerprint density at radius 2 is 1.66 bits per heavy atom. The maximum absolute atomic E-state index is 13.2. The predicted octanol–water partition coefficient (Wildman–Crippen LogP) is 5.21. The van der Waals surface area contributed by atoms with Gasteiger partial charge in [-0.1, -0.05) is 48.5 Å². The first-order chi connectivity index (χ1) is 14.1. The molecule has 0 unspecified atom stereocenters. The van der Waals surface area contributed by atoms with Crippen molar-refractivity contribution < 1.29 is 14.0 Å². The molecule has 0 N–H and O–H groups in total. The monoisotopic (exact) mass is 380 g/mol. The van der Waals surface area contributed by atoms with Crippen molar-refractivity contribution in [1.82, 2.24) is 9.78 Å². The van der Waals surface area contributed by atoms with Gasteiger partial charge >= 0.3 is 0 Å². The SMILES string of the molecule is CC(=O)c1nn(-c2ccccc2)cc1C(=O)c1cc2c(ccc3ccccc32)o1. The van der Waals surface area contributed by atoms with Crippen LogP contribution in [0, 0.1) is 0 Å². The number of hydrogen-bond acceptors (Lipinski definition) is 4. The van der Waals surface area contributed by atoms with Crippen molar-refractivity contribution in [2.75, 3.05) is 0 Å². The molecule has 0 bridgehead atoms.